The predicted molar refractivity (Wildman–Crippen MR) is 15.7 cm³/mol. The summed E-state index contributed by atoms with van der Waals surface area (Å²) in [6, 6.07) is 0. The van der Waals surface area contributed by atoms with E-state index in [1.54, 1.807) is 0 Å². The van der Waals surface area contributed by atoms with Gasteiger partial charge >= 0.3 is 0 Å². The molecular weight excluding hydrogens is 228 g/mol. The summed E-state index contributed by atoms with van der Waals surface area (Å²) in [5.41, 5.74) is 0. The van der Waals surface area contributed by atoms with E-state index in [9.17, 15) is 0 Å². The van der Waals surface area contributed by atoms with Gasteiger partial charge in [0.05, 0.1) is 0 Å². The van der Waals surface area contributed by atoms with Gasteiger partial charge in [-0.05, 0) is 11.0 Å². The van der Waals surface area contributed by atoms with Crippen LogP contribution < -0.4 is 0 Å². The predicted octanol–water partition coefficient (Wildman–Crippen LogP) is -1.57. The summed E-state index contributed by atoms with van der Waals surface area (Å²) < 4.78 is 0. The Morgan fingerprint density at radius 1 is 1.00 bits per heavy atom. The molecule has 0 N–H and O–H groups in total. The summed E-state index contributed by atoms with van der Waals surface area (Å²) in [7, 11) is 0. The molecular formula is H3BMoNbSi. The van der Waals surface area contributed by atoms with Gasteiger partial charge in [0.15, 0.2) is 0 Å². The van der Waals surface area contributed by atoms with Crippen molar-refractivity contribution in [2.75, 3.05) is 0 Å². The van der Waals surface area contributed by atoms with Crippen LogP contribution in [0.25, 0.3) is 0 Å². The van der Waals surface area contributed by atoms with Crippen molar-refractivity contribution < 1.29 is 43.4 Å². The van der Waals surface area contributed by atoms with Crippen LogP contribution in [0.5, 0.6) is 0 Å². The SMILES string of the molecule is [B].[Mo].[Nb].[SiH3]. The van der Waals surface area contributed by atoms with Crippen LogP contribution in [-0.4, -0.2) is 19.4 Å². The Morgan fingerprint density at radius 3 is 1.00 bits per heavy atom. The largest absolute Gasteiger partial charge is 0.0125 e. The molecule has 0 aliphatic carbocycles. The van der Waals surface area contributed by atoms with E-state index in [1.807, 2.05) is 0 Å². The van der Waals surface area contributed by atoms with Crippen molar-refractivity contribution >= 4 is 19.4 Å². The summed E-state index contributed by atoms with van der Waals surface area (Å²) in [6.07, 6.45) is 0. The second-order valence-electron chi connectivity index (χ2n) is 0. The van der Waals surface area contributed by atoms with E-state index in [-0.39, 0.29) is 62.8 Å². The molecule has 0 spiro atoms. The molecule has 0 aromatic heterocycles. The molecule has 0 aromatic carbocycles. The van der Waals surface area contributed by atoms with Gasteiger partial charge < -0.3 is 0 Å². The minimum atomic E-state index is 0. The molecule has 0 aliphatic heterocycles. The normalized spacial score (nSPS) is 0. The van der Waals surface area contributed by atoms with Crippen LogP contribution in [-0.2, 0) is 43.4 Å². The first-order chi connectivity index (χ1) is 0. The van der Waals surface area contributed by atoms with E-state index < -0.39 is 0 Å². The van der Waals surface area contributed by atoms with Gasteiger partial charge in [0.25, 0.3) is 0 Å². The van der Waals surface area contributed by atoms with Crippen LogP contribution in [0.2, 0.25) is 0 Å². The molecule has 0 saturated heterocycles. The Hall–Kier alpha value is 1.71. The average Bonchev–Trinajstić information content (AvgIpc) is 0. The van der Waals surface area contributed by atoms with Gasteiger partial charge in [0.1, 0.15) is 0 Å². The van der Waals surface area contributed by atoms with Crippen molar-refractivity contribution in [3.63, 3.8) is 0 Å². The van der Waals surface area contributed by atoms with E-state index >= 15 is 0 Å². The Morgan fingerprint density at radius 2 is 1.00 bits per heavy atom. The van der Waals surface area contributed by atoms with Crippen LogP contribution in [0.4, 0.5) is 0 Å². The summed E-state index contributed by atoms with van der Waals surface area (Å²) in [5.74, 6) is 0. The van der Waals surface area contributed by atoms with Crippen LogP contribution in [0, 0.1) is 0 Å². The third kappa shape index (κ3) is 9.32. The van der Waals surface area contributed by atoms with Gasteiger partial charge in [-0.1, -0.05) is 0 Å². The fraction of sp³-hybridized carbons (Fsp3) is 0. The summed E-state index contributed by atoms with van der Waals surface area (Å²) in [4.78, 5) is 0. The van der Waals surface area contributed by atoms with Gasteiger partial charge in [-0.2, -0.15) is 0 Å². The van der Waals surface area contributed by atoms with E-state index in [2.05, 4.69) is 0 Å². The van der Waals surface area contributed by atoms with Crippen LogP contribution in [0.3, 0.4) is 0 Å². The first kappa shape index (κ1) is 43.3. The second-order valence-corrected chi connectivity index (χ2v) is 0. The first-order valence-electron chi connectivity index (χ1n) is 0. The number of hydrogen-bond acceptors (Lipinski definition) is 0. The molecule has 0 aromatic rings. The third-order valence-electron chi connectivity index (χ3n) is 0. The Labute approximate surface area is 62.5 Å². The number of rotatable bonds is 0. The molecule has 4 heavy (non-hydrogen) atoms. The standard InChI is InChI=1S/B.Mo.Nb.H3Si/h;;;1H3. The van der Waals surface area contributed by atoms with Crippen LogP contribution in [0.15, 0.2) is 0 Å². The smallest absolute Gasteiger partial charge is 0 e. The minimum absolute atomic E-state index is 0. The molecule has 0 fully saturated rings. The van der Waals surface area contributed by atoms with E-state index in [1.165, 1.54) is 0 Å². The monoisotopic (exact) mass is 233 g/mol. The first-order valence-corrected chi connectivity index (χ1v) is 0. The molecule has 0 heterocycles. The maximum Gasteiger partial charge on any atom is 0 e. The molecule has 21 valence electrons. The van der Waals surface area contributed by atoms with E-state index in [0.29, 0.717) is 0 Å². The summed E-state index contributed by atoms with van der Waals surface area (Å²) >= 11 is 0. The van der Waals surface area contributed by atoms with Crippen LogP contribution >= 0.6 is 0 Å². The third-order valence-corrected chi connectivity index (χ3v) is 0. The van der Waals surface area contributed by atoms with Gasteiger partial charge in [0, 0.05) is 51.9 Å². The molecule has 0 atom stereocenters. The average molecular weight is 231 g/mol. The zero-order valence-electron chi connectivity index (χ0n) is 2.43. The fourth-order valence-corrected chi connectivity index (χ4v) is 0. The molecule has 5 radical (unpaired) electrons. The minimum Gasteiger partial charge on any atom is -0.0125 e. The van der Waals surface area contributed by atoms with E-state index in [0.717, 1.165) is 0 Å². The molecule has 0 rings (SSSR count). The molecule has 0 bridgehead atoms. The fourth-order valence-electron chi connectivity index (χ4n) is 0. The number of hydrogen-bond donors (Lipinski definition) is 0. The molecule has 0 aliphatic rings. The molecule has 4 heteroatoms. The van der Waals surface area contributed by atoms with Crippen molar-refractivity contribution in [1.82, 2.24) is 0 Å². The maximum atomic E-state index is 0. The van der Waals surface area contributed by atoms with Crippen molar-refractivity contribution in [3.05, 3.63) is 0 Å². The Bertz CT molecular complexity index is 8.00. The maximum absolute atomic E-state index is 0. The summed E-state index contributed by atoms with van der Waals surface area (Å²) in [6.45, 7) is 0. The van der Waals surface area contributed by atoms with Gasteiger partial charge in [0.2, 0.25) is 0 Å². The Balaban J connectivity index is 0. The topological polar surface area (TPSA) is 0 Å². The van der Waals surface area contributed by atoms with Crippen LogP contribution in [0.1, 0.15) is 0 Å². The molecule has 0 saturated carbocycles. The van der Waals surface area contributed by atoms with Crippen molar-refractivity contribution in [2.24, 2.45) is 0 Å². The van der Waals surface area contributed by atoms with Crippen molar-refractivity contribution in [3.8, 4) is 0 Å². The van der Waals surface area contributed by atoms with Gasteiger partial charge in [-0.3, -0.25) is 0 Å². The quantitative estimate of drug-likeness (QED) is 0.442. The van der Waals surface area contributed by atoms with Gasteiger partial charge in [-0.15, -0.1) is 0 Å². The van der Waals surface area contributed by atoms with Crippen molar-refractivity contribution in [1.29, 1.82) is 0 Å². The molecule has 0 amide bonds. The van der Waals surface area contributed by atoms with Gasteiger partial charge in [-0.25, -0.2) is 0 Å². The van der Waals surface area contributed by atoms with E-state index in [4.69, 9.17) is 0 Å². The second kappa shape index (κ2) is 22.2. The summed E-state index contributed by atoms with van der Waals surface area (Å²) in [5, 5.41) is 0. The van der Waals surface area contributed by atoms with Crippen molar-refractivity contribution in [2.45, 2.75) is 0 Å². The zero-order chi connectivity index (χ0) is 0. The Kier molecular flexibility index (Phi) is 240. The molecule has 0 unspecified atom stereocenters. The zero-order valence-corrected chi connectivity index (χ0v) is 8.64. The molecule has 0 nitrogen and oxygen atoms in total.